The number of nitrogens with one attached hydrogen (secondary N) is 1. The molecule has 0 saturated heterocycles. The van der Waals surface area contributed by atoms with Gasteiger partial charge >= 0.3 is 0 Å². The smallest absolute Gasteiger partial charge is 0.258 e. The van der Waals surface area contributed by atoms with Gasteiger partial charge in [-0.2, -0.15) is 4.98 Å². The lowest BCUT2D eigenvalue weighted by atomic mass is 9.68. The Kier molecular flexibility index (Phi) is 5.24. The number of amides is 1. The van der Waals surface area contributed by atoms with Crippen LogP contribution < -0.4 is 5.32 Å². The summed E-state index contributed by atoms with van der Waals surface area (Å²) >= 11 is 0. The van der Waals surface area contributed by atoms with E-state index in [2.05, 4.69) is 29.3 Å². The van der Waals surface area contributed by atoms with Crippen LogP contribution in [-0.4, -0.2) is 28.9 Å². The van der Waals surface area contributed by atoms with E-state index in [1.165, 1.54) is 0 Å². The number of fused-ring (bicyclic) bond motifs is 1. The van der Waals surface area contributed by atoms with Crippen molar-refractivity contribution in [1.29, 1.82) is 0 Å². The van der Waals surface area contributed by atoms with Gasteiger partial charge < -0.3 is 9.84 Å². The minimum atomic E-state index is -0.149. The molecule has 1 aromatic heterocycles. The van der Waals surface area contributed by atoms with Gasteiger partial charge in [0.25, 0.3) is 11.8 Å². The highest BCUT2D eigenvalue weighted by Gasteiger charge is 2.36. The van der Waals surface area contributed by atoms with Crippen molar-refractivity contribution in [3.63, 3.8) is 0 Å². The highest BCUT2D eigenvalue weighted by atomic mass is 16.5. The van der Waals surface area contributed by atoms with Crippen molar-refractivity contribution in [2.75, 3.05) is 7.05 Å². The van der Waals surface area contributed by atoms with Crippen molar-refractivity contribution in [3.8, 4) is 22.8 Å². The van der Waals surface area contributed by atoms with Gasteiger partial charge in [0.05, 0.1) is 0 Å². The van der Waals surface area contributed by atoms with Gasteiger partial charge in [-0.25, -0.2) is 0 Å². The quantitative estimate of drug-likeness (QED) is 0.667. The largest absolute Gasteiger partial charge is 0.355 e. The average Bonchev–Trinajstić information content (AvgIpc) is 3.28. The summed E-state index contributed by atoms with van der Waals surface area (Å²) in [5.74, 6) is 0.850. The predicted molar refractivity (Wildman–Crippen MR) is 114 cm³/mol. The summed E-state index contributed by atoms with van der Waals surface area (Å²) in [6, 6.07) is 12.8. The van der Waals surface area contributed by atoms with E-state index >= 15 is 0 Å². The number of rotatable bonds is 5. The maximum atomic E-state index is 12.8. The Morgan fingerprint density at radius 1 is 1.07 bits per heavy atom. The summed E-state index contributed by atoms with van der Waals surface area (Å²) in [5, 5.41) is 6.66. The van der Waals surface area contributed by atoms with Gasteiger partial charge in [0.2, 0.25) is 5.82 Å². The molecule has 0 aliphatic heterocycles. The van der Waals surface area contributed by atoms with E-state index < -0.39 is 0 Å². The molecule has 6 nitrogen and oxygen atoms in total. The van der Waals surface area contributed by atoms with Crippen LogP contribution in [0, 0.1) is 5.41 Å². The summed E-state index contributed by atoms with van der Waals surface area (Å²) in [4.78, 5) is 29.0. The van der Waals surface area contributed by atoms with Crippen molar-refractivity contribution >= 4 is 11.7 Å². The Balaban J connectivity index is 1.61. The normalized spacial score (nSPS) is 15.0. The summed E-state index contributed by atoms with van der Waals surface area (Å²) < 4.78 is 5.46. The molecule has 30 heavy (non-hydrogen) atoms. The molecule has 0 unspecified atom stereocenters. The van der Waals surface area contributed by atoms with Crippen LogP contribution >= 0.6 is 0 Å². The molecule has 0 atom stereocenters. The number of benzene rings is 2. The van der Waals surface area contributed by atoms with Crippen LogP contribution in [0.3, 0.4) is 0 Å². The molecule has 0 saturated carbocycles. The van der Waals surface area contributed by atoms with Gasteiger partial charge in [0.1, 0.15) is 0 Å². The molecule has 0 spiro atoms. The van der Waals surface area contributed by atoms with Crippen LogP contribution in [0.15, 0.2) is 47.0 Å². The highest BCUT2D eigenvalue weighted by Crippen LogP contribution is 2.41. The molecule has 1 amide bonds. The number of nitrogens with zero attached hydrogens (tertiary/aromatic N) is 2. The first-order valence-corrected chi connectivity index (χ1v) is 10.3. The Bertz CT molecular complexity index is 1100. The van der Waals surface area contributed by atoms with E-state index in [-0.39, 0.29) is 17.1 Å². The predicted octanol–water partition coefficient (Wildman–Crippen LogP) is 4.70. The van der Waals surface area contributed by atoms with Gasteiger partial charge in [0.15, 0.2) is 5.78 Å². The third-order valence-corrected chi connectivity index (χ3v) is 6.32. The molecule has 0 bridgehead atoms. The number of hydrogen-bond acceptors (Lipinski definition) is 5. The first-order chi connectivity index (χ1) is 14.5. The maximum Gasteiger partial charge on any atom is 0.258 e. The van der Waals surface area contributed by atoms with Crippen LogP contribution in [-0.2, 0) is 6.42 Å². The zero-order chi connectivity index (χ0) is 21.3. The zero-order valence-corrected chi connectivity index (χ0v) is 17.5. The standard InChI is InChI=1S/C24H25N3O3/c1-4-24(5-2)13-18-11-10-17(12-19(18)20(28)14-24)23-26-21(27-30-23)15-6-8-16(9-7-15)22(29)25-3/h6-12H,4-5,13-14H2,1-3H3,(H,25,29). The summed E-state index contributed by atoms with van der Waals surface area (Å²) in [7, 11) is 1.59. The average molecular weight is 403 g/mol. The van der Waals surface area contributed by atoms with E-state index in [0.717, 1.165) is 41.5 Å². The van der Waals surface area contributed by atoms with Crippen molar-refractivity contribution in [3.05, 3.63) is 59.2 Å². The number of ketones is 1. The number of aromatic nitrogens is 2. The van der Waals surface area contributed by atoms with E-state index in [4.69, 9.17) is 4.52 Å². The number of carbonyl (C=O) groups excluding carboxylic acids is 2. The second-order valence-electron chi connectivity index (χ2n) is 7.94. The Labute approximate surface area is 175 Å². The summed E-state index contributed by atoms with van der Waals surface area (Å²) in [5.41, 5.74) is 3.99. The lowest BCUT2D eigenvalue weighted by molar-refractivity contribution is 0.0871. The van der Waals surface area contributed by atoms with Crippen molar-refractivity contribution < 1.29 is 14.1 Å². The van der Waals surface area contributed by atoms with Crippen LogP contribution in [0.1, 0.15) is 59.4 Å². The Morgan fingerprint density at radius 3 is 2.43 bits per heavy atom. The summed E-state index contributed by atoms with van der Waals surface area (Å²) in [6.45, 7) is 4.33. The molecule has 6 heteroatoms. The van der Waals surface area contributed by atoms with Crippen LogP contribution in [0.25, 0.3) is 22.8 Å². The number of Topliss-reactive ketones (excluding diaryl/α,β-unsaturated/α-hetero) is 1. The fraction of sp³-hybridized carbons (Fsp3) is 0.333. The molecule has 4 rings (SSSR count). The summed E-state index contributed by atoms with van der Waals surface area (Å²) in [6.07, 6.45) is 3.52. The molecule has 1 heterocycles. The SMILES string of the molecule is CCC1(CC)CC(=O)c2cc(-c3nc(-c4ccc(C(=O)NC)cc4)no3)ccc2C1. The van der Waals surface area contributed by atoms with Crippen LogP contribution in [0.5, 0.6) is 0 Å². The second-order valence-corrected chi connectivity index (χ2v) is 7.94. The van der Waals surface area contributed by atoms with E-state index in [0.29, 0.717) is 23.7 Å². The lowest BCUT2D eigenvalue weighted by Gasteiger charge is -2.36. The number of hydrogen-bond donors (Lipinski definition) is 1. The number of carbonyl (C=O) groups is 2. The molecule has 1 aliphatic carbocycles. The molecule has 0 fully saturated rings. The van der Waals surface area contributed by atoms with E-state index in [1.807, 2.05) is 18.2 Å². The lowest BCUT2D eigenvalue weighted by Crippen LogP contribution is -2.31. The van der Waals surface area contributed by atoms with Gasteiger partial charge in [-0.1, -0.05) is 37.2 Å². The molecule has 0 radical (unpaired) electrons. The van der Waals surface area contributed by atoms with Crippen molar-refractivity contribution in [2.45, 2.75) is 39.5 Å². The topological polar surface area (TPSA) is 85.1 Å². The molecule has 154 valence electrons. The van der Waals surface area contributed by atoms with Crippen molar-refractivity contribution in [1.82, 2.24) is 15.5 Å². The maximum absolute atomic E-state index is 12.8. The molecule has 2 aromatic carbocycles. The van der Waals surface area contributed by atoms with Crippen molar-refractivity contribution in [2.24, 2.45) is 5.41 Å². The molecular formula is C24H25N3O3. The van der Waals surface area contributed by atoms with E-state index in [9.17, 15) is 9.59 Å². The molecule has 1 N–H and O–H groups in total. The van der Waals surface area contributed by atoms with Crippen LogP contribution in [0.2, 0.25) is 0 Å². The molecule has 3 aromatic rings. The van der Waals surface area contributed by atoms with Gasteiger partial charge in [-0.3, -0.25) is 9.59 Å². The molecular weight excluding hydrogens is 378 g/mol. The van der Waals surface area contributed by atoms with Gasteiger partial charge in [0, 0.05) is 35.7 Å². The minimum absolute atomic E-state index is 0.0735. The van der Waals surface area contributed by atoms with Gasteiger partial charge in [-0.05, 0) is 54.5 Å². The Morgan fingerprint density at radius 2 is 1.77 bits per heavy atom. The third-order valence-electron chi connectivity index (χ3n) is 6.32. The van der Waals surface area contributed by atoms with Crippen LogP contribution in [0.4, 0.5) is 0 Å². The highest BCUT2D eigenvalue weighted by molar-refractivity contribution is 6.00. The molecule has 1 aliphatic rings. The fourth-order valence-electron chi connectivity index (χ4n) is 4.15. The zero-order valence-electron chi connectivity index (χ0n) is 17.5. The Hall–Kier alpha value is -3.28. The van der Waals surface area contributed by atoms with Gasteiger partial charge in [-0.15, -0.1) is 0 Å². The minimum Gasteiger partial charge on any atom is -0.355 e. The first-order valence-electron chi connectivity index (χ1n) is 10.3. The second kappa shape index (κ2) is 7.86. The first kappa shape index (κ1) is 20.0. The monoisotopic (exact) mass is 403 g/mol. The van der Waals surface area contributed by atoms with E-state index in [1.54, 1.807) is 31.3 Å². The fourth-order valence-corrected chi connectivity index (χ4v) is 4.15. The third kappa shape index (κ3) is 3.54.